The molecule has 0 N–H and O–H groups in total. The first kappa shape index (κ1) is 23.7. The van der Waals surface area contributed by atoms with Crippen LogP contribution in [0.2, 0.25) is 0 Å². The monoisotopic (exact) mass is 476 g/mol. The van der Waals surface area contributed by atoms with Crippen LogP contribution in [-0.2, 0) is 5.75 Å². The fraction of sp³-hybridized carbons (Fsp3) is 0.259. The number of ether oxygens (including phenoxy) is 3. The summed E-state index contributed by atoms with van der Waals surface area (Å²) in [4.78, 5) is 18.8. The average Bonchev–Trinajstić information content (AvgIpc) is 2.83. The van der Waals surface area contributed by atoms with Crippen molar-refractivity contribution in [3.63, 3.8) is 0 Å². The Morgan fingerprint density at radius 3 is 2.29 bits per heavy atom. The van der Waals surface area contributed by atoms with Crippen molar-refractivity contribution < 1.29 is 14.2 Å². The highest BCUT2D eigenvalue weighted by molar-refractivity contribution is 7.98. The predicted molar refractivity (Wildman–Crippen MR) is 137 cm³/mol. The van der Waals surface area contributed by atoms with E-state index in [9.17, 15) is 4.79 Å². The molecule has 176 valence electrons. The van der Waals surface area contributed by atoms with E-state index < -0.39 is 0 Å². The molecule has 0 aliphatic rings. The first-order chi connectivity index (χ1) is 16.4. The van der Waals surface area contributed by atoms with Gasteiger partial charge in [-0.2, -0.15) is 0 Å². The normalized spacial score (nSPS) is 11.0. The van der Waals surface area contributed by atoms with E-state index in [0.29, 0.717) is 39.1 Å². The summed E-state index contributed by atoms with van der Waals surface area (Å²) in [6, 6.07) is 15.9. The molecule has 34 heavy (non-hydrogen) atoms. The van der Waals surface area contributed by atoms with Crippen molar-refractivity contribution in [3.05, 3.63) is 81.1 Å². The molecule has 0 fully saturated rings. The Bertz CT molecular complexity index is 1430. The minimum atomic E-state index is -0.197. The SMILES string of the molecule is COc1cc2c(=O)n(-c3cccc(C)c3)c(SCc3ccc(C)c(C)c3)nc2c(OC)c1OC. The van der Waals surface area contributed by atoms with Crippen molar-refractivity contribution in [1.29, 1.82) is 0 Å². The quantitative estimate of drug-likeness (QED) is 0.255. The first-order valence-corrected chi connectivity index (χ1v) is 11.9. The minimum Gasteiger partial charge on any atom is -0.493 e. The maximum atomic E-state index is 13.9. The summed E-state index contributed by atoms with van der Waals surface area (Å²) in [7, 11) is 4.60. The van der Waals surface area contributed by atoms with Crippen molar-refractivity contribution in [2.75, 3.05) is 21.3 Å². The molecule has 0 radical (unpaired) electrons. The zero-order valence-corrected chi connectivity index (χ0v) is 21.1. The van der Waals surface area contributed by atoms with Gasteiger partial charge in [0.15, 0.2) is 16.7 Å². The number of hydrogen-bond acceptors (Lipinski definition) is 6. The summed E-state index contributed by atoms with van der Waals surface area (Å²) in [6.07, 6.45) is 0. The van der Waals surface area contributed by atoms with Gasteiger partial charge in [0, 0.05) is 5.75 Å². The third-order valence-electron chi connectivity index (χ3n) is 5.84. The van der Waals surface area contributed by atoms with Gasteiger partial charge in [-0.3, -0.25) is 9.36 Å². The number of fused-ring (bicyclic) bond motifs is 1. The Morgan fingerprint density at radius 1 is 0.882 bits per heavy atom. The van der Waals surface area contributed by atoms with Crippen LogP contribution in [0.15, 0.2) is 58.5 Å². The van der Waals surface area contributed by atoms with E-state index in [1.54, 1.807) is 10.6 Å². The number of hydrogen-bond donors (Lipinski definition) is 0. The second-order valence-electron chi connectivity index (χ2n) is 8.12. The molecule has 0 saturated heterocycles. The highest BCUT2D eigenvalue weighted by Crippen LogP contribution is 2.42. The van der Waals surface area contributed by atoms with Crippen LogP contribution in [0.3, 0.4) is 0 Å². The fourth-order valence-corrected chi connectivity index (χ4v) is 4.85. The number of methoxy groups -OCH3 is 3. The highest BCUT2D eigenvalue weighted by Gasteiger charge is 2.22. The molecule has 0 unspecified atom stereocenters. The van der Waals surface area contributed by atoms with Gasteiger partial charge < -0.3 is 14.2 Å². The Balaban J connectivity index is 1.96. The molecule has 0 bridgehead atoms. The number of rotatable bonds is 7. The van der Waals surface area contributed by atoms with Crippen LogP contribution < -0.4 is 19.8 Å². The second kappa shape index (κ2) is 9.81. The molecular weight excluding hydrogens is 448 g/mol. The summed E-state index contributed by atoms with van der Waals surface area (Å²) in [5.41, 5.74) is 5.71. The Kier molecular flexibility index (Phi) is 6.84. The lowest BCUT2D eigenvalue weighted by atomic mass is 10.1. The minimum absolute atomic E-state index is 0.197. The van der Waals surface area contributed by atoms with Gasteiger partial charge in [-0.25, -0.2) is 4.98 Å². The molecule has 1 heterocycles. The van der Waals surface area contributed by atoms with E-state index in [-0.39, 0.29) is 5.56 Å². The number of nitrogens with zero attached hydrogens (tertiary/aromatic N) is 2. The second-order valence-corrected chi connectivity index (χ2v) is 9.07. The Labute approximate surface area is 203 Å². The highest BCUT2D eigenvalue weighted by atomic mass is 32.2. The Hall–Kier alpha value is -3.45. The molecule has 0 aliphatic heterocycles. The van der Waals surface area contributed by atoms with Crippen LogP contribution >= 0.6 is 11.8 Å². The van der Waals surface area contributed by atoms with Crippen LogP contribution in [0.4, 0.5) is 0 Å². The summed E-state index contributed by atoms with van der Waals surface area (Å²) >= 11 is 1.51. The van der Waals surface area contributed by atoms with E-state index in [1.807, 2.05) is 31.2 Å². The van der Waals surface area contributed by atoms with E-state index in [1.165, 1.54) is 44.2 Å². The Morgan fingerprint density at radius 2 is 1.65 bits per heavy atom. The van der Waals surface area contributed by atoms with Gasteiger partial charge in [0.1, 0.15) is 5.52 Å². The molecule has 7 heteroatoms. The maximum Gasteiger partial charge on any atom is 0.266 e. The summed E-state index contributed by atoms with van der Waals surface area (Å²) in [5, 5.41) is 0.971. The van der Waals surface area contributed by atoms with Gasteiger partial charge >= 0.3 is 0 Å². The first-order valence-electron chi connectivity index (χ1n) is 10.9. The van der Waals surface area contributed by atoms with Gasteiger partial charge in [-0.15, -0.1) is 0 Å². The molecule has 6 nitrogen and oxygen atoms in total. The molecule has 0 atom stereocenters. The van der Waals surface area contributed by atoms with Crippen LogP contribution in [-0.4, -0.2) is 30.9 Å². The van der Waals surface area contributed by atoms with Gasteiger partial charge in [0.2, 0.25) is 5.75 Å². The number of benzene rings is 3. The zero-order valence-electron chi connectivity index (χ0n) is 20.3. The number of aromatic nitrogens is 2. The third-order valence-corrected chi connectivity index (χ3v) is 6.84. The van der Waals surface area contributed by atoms with Crippen molar-refractivity contribution in [2.45, 2.75) is 31.7 Å². The average molecular weight is 477 g/mol. The summed E-state index contributed by atoms with van der Waals surface area (Å²) < 4.78 is 18.3. The lowest BCUT2D eigenvalue weighted by Crippen LogP contribution is -2.22. The summed E-state index contributed by atoms with van der Waals surface area (Å²) in [5.74, 6) is 1.86. The van der Waals surface area contributed by atoms with Gasteiger partial charge in [0.05, 0.1) is 32.4 Å². The van der Waals surface area contributed by atoms with Crippen LogP contribution in [0.25, 0.3) is 16.6 Å². The lowest BCUT2D eigenvalue weighted by Gasteiger charge is -2.18. The topological polar surface area (TPSA) is 62.6 Å². The van der Waals surface area contributed by atoms with Crippen molar-refractivity contribution in [2.24, 2.45) is 0 Å². The molecule has 0 saturated carbocycles. The van der Waals surface area contributed by atoms with E-state index in [2.05, 4.69) is 32.0 Å². The zero-order chi connectivity index (χ0) is 24.4. The molecule has 1 aromatic heterocycles. The molecular formula is C27H28N2O4S. The standard InChI is InChI=1S/C27H28N2O4S/c1-16-8-7-9-20(12-16)29-26(30)21-14-22(31-4)24(32-5)25(33-6)23(21)28-27(29)34-15-19-11-10-17(2)18(3)13-19/h7-14H,15H2,1-6H3. The predicted octanol–water partition coefficient (Wildman–Crippen LogP) is 5.63. The summed E-state index contributed by atoms with van der Waals surface area (Å²) in [6.45, 7) is 6.20. The lowest BCUT2D eigenvalue weighted by molar-refractivity contribution is 0.326. The van der Waals surface area contributed by atoms with Crippen LogP contribution in [0.5, 0.6) is 17.2 Å². The van der Waals surface area contributed by atoms with Crippen LogP contribution in [0.1, 0.15) is 22.3 Å². The molecule has 0 spiro atoms. The third kappa shape index (κ3) is 4.35. The van der Waals surface area contributed by atoms with E-state index in [0.717, 1.165) is 16.8 Å². The van der Waals surface area contributed by atoms with Gasteiger partial charge in [-0.05, 0) is 61.2 Å². The maximum absolute atomic E-state index is 13.9. The van der Waals surface area contributed by atoms with E-state index >= 15 is 0 Å². The van der Waals surface area contributed by atoms with Gasteiger partial charge in [0.25, 0.3) is 5.56 Å². The number of aryl methyl sites for hydroxylation is 3. The smallest absolute Gasteiger partial charge is 0.266 e. The fourth-order valence-electron chi connectivity index (χ4n) is 3.90. The largest absolute Gasteiger partial charge is 0.493 e. The molecule has 4 rings (SSSR count). The van der Waals surface area contributed by atoms with Crippen LogP contribution in [0, 0.1) is 20.8 Å². The van der Waals surface area contributed by atoms with E-state index in [4.69, 9.17) is 19.2 Å². The molecule has 0 amide bonds. The van der Waals surface area contributed by atoms with Crippen molar-refractivity contribution >= 4 is 22.7 Å². The number of thioether (sulfide) groups is 1. The van der Waals surface area contributed by atoms with Crippen molar-refractivity contribution in [1.82, 2.24) is 9.55 Å². The van der Waals surface area contributed by atoms with Gasteiger partial charge in [-0.1, -0.05) is 42.1 Å². The molecule has 0 aliphatic carbocycles. The van der Waals surface area contributed by atoms with Crippen molar-refractivity contribution in [3.8, 4) is 22.9 Å². The molecule has 3 aromatic carbocycles. The molecule has 4 aromatic rings.